The molecule has 0 bridgehead atoms. The first-order valence-electron chi connectivity index (χ1n) is 10.1. The van der Waals surface area contributed by atoms with Gasteiger partial charge in [0.1, 0.15) is 17.1 Å². The maximum atomic E-state index is 12.6. The Labute approximate surface area is 210 Å². The first-order chi connectivity index (χ1) is 14.9. The van der Waals surface area contributed by atoms with Gasteiger partial charge >= 0.3 is 5.97 Å². The van der Waals surface area contributed by atoms with Gasteiger partial charge in [-0.3, -0.25) is 9.79 Å². The molecule has 1 aliphatic heterocycles. The van der Waals surface area contributed by atoms with Gasteiger partial charge in [0, 0.05) is 38.2 Å². The summed E-state index contributed by atoms with van der Waals surface area (Å²) in [4.78, 5) is 32.6. The summed E-state index contributed by atoms with van der Waals surface area (Å²) < 4.78 is 10.4. The number of carbonyl (C=O) groups excluding carboxylic acids is 2. The number of carbonyl (C=O) groups is 2. The summed E-state index contributed by atoms with van der Waals surface area (Å²) in [6.45, 7) is 4.69. The number of benzene rings is 1. The van der Waals surface area contributed by atoms with Gasteiger partial charge in [-0.25, -0.2) is 4.79 Å². The summed E-state index contributed by atoms with van der Waals surface area (Å²) in [5.74, 6) is 1.53. The average molecular weight is 575 g/mol. The van der Waals surface area contributed by atoms with Gasteiger partial charge in [-0.1, -0.05) is 23.7 Å². The number of nitrogens with zero attached hydrogens (tertiary/aromatic N) is 3. The molecule has 2 heterocycles. The van der Waals surface area contributed by atoms with Crippen molar-refractivity contribution in [2.45, 2.75) is 19.9 Å². The molecule has 1 saturated heterocycles. The molecule has 3 rings (SSSR count). The highest BCUT2D eigenvalue weighted by Crippen LogP contribution is 2.16. The van der Waals surface area contributed by atoms with Crippen LogP contribution in [0.2, 0.25) is 5.02 Å². The highest BCUT2D eigenvalue weighted by Gasteiger charge is 2.23. The van der Waals surface area contributed by atoms with Gasteiger partial charge in [-0.05, 0) is 30.7 Å². The standard InChI is InChI=1S/C22H27ClN4O4.HI/c1-15-19(21(29)30-3)13-18(31-15)14-25-22(24-2)27-9-7-26(8-10-27)20(28)12-16-5-4-6-17(23)11-16;/h4-6,11,13H,7-10,12,14H2,1-3H3,(H,24,25);1H. The van der Waals surface area contributed by atoms with Gasteiger partial charge in [0.2, 0.25) is 5.91 Å². The molecule has 0 atom stereocenters. The highest BCUT2D eigenvalue weighted by atomic mass is 127. The number of ether oxygens (including phenoxy) is 1. The van der Waals surface area contributed by atoms with Crippen molar-refractivity contribution in [3.05, 3.63) is 58.0 Å². The molecule has 1 aromatic heterocycles. The predicted molar refractivity (Wildman–Crippen MR) is 134 cm³/mol. The summed E-state index contributed by atoms with van der Waals surface area (Å²) in [6.07, 6.45) is 0.341. The van der Waals surface area contributed by atoms with Crippen molar-refractivity contribution in [2.24, 2.45) is 4.99 Å². The third kappa shape index (κ3) is 6.61. The van der Waals surface area contributed by atoms with Gasteiger partial charge in [-0.2, -0.15) is 0 Å². The van der Waals surface area contributed by atoms with Crippen LogP contribution in [0.5, 0.6) is 0 Å². The first-order valence-corrected chi connectivity index (χ1v) is 10.4. The molecular formula is C22H28ClIN4O4. The number of guanidine groups is 1. The minimum atomic E-state index is -0.421. The quantitative estimate of drug-likeness (QED) is 0.256. The van der Waals surface area contributed by atoms with E-state index >= 15 is 0 Å². The van der Waals surface area contributed by atoms with Crippen molar-refractivity contribution in [2.75, 3.05) is 40.3 Å². The molecule has 1 N–H and O–H groups in total. The summed E-state index contributed by atoms with van der Waals surface area (Å²) in [5.41, 5.74) is 1.33. The Hall–Kier alpha value is -2.27. The largest absolute Gasteiger partial charge is 0.465 e. The summed E-state index contributed by atoms with van der Waals surface area (Å²) in [6, 6.07) is 9.06. The Kier molecular flexibility index (Phi) is 9.83. The molecule has 2 aromatic rings. The van der Waals surface area contributed by atoms with Crippen molar-refractivity contribution in [1.82, 2.24) is 15.1 Å². The Bertz CT molecular complexity index is 971. The smallest absolute Gasteiger partial charge is 0.341 e. The van der Waals surface area contributed by atoms with E-state index < -0.39 is 5.97 Å². The van der Waals surface area contributed by atoms with Crippen LogP contribution in [0.15, 0.2) is 39.7 Å². The van der Waals surface area contributed by atoms with Gasteiger partial charge in [0.05, 0.1) is 20.1 Å². The van der Waals surface area contributed by atoms with E-state index in [1.54, 1.807) is 26.1 Å². The van der Waals surface area contributed by atoms with Crippen molar-refractivity contribution in [3.63, 3.8) is 0 Å². The van der Waals surface area contributed by atoms with Crippen molar-refractivity contribution in [3.8, 4) is 0 Å². The summed E-state index contributed by atoms with van der Waals surface area (Å²) in [5, 5.41) is 3.89. The lowest BCUT2D eigenvalue weighted by Crippen LogP contribution is -2.53. The number of nitrogens with one attached hydrogen (secondary N) is 1. The number of amides is 1. The van der Waals surface area contributed by atoms with Crippen LogP contribution in [0.3, 0.4) is 0 Å². The second-order valence-corrected chi connectivity index (χ2v) is 7.69. The summed E-state index contributed by atoms with van der Waals surface area (Å²) in [7, 11) is 3.06. The van der Waals surface area contributed by atoms with E-state index in [9.17, 15) is 9.59 Å². The second-order valence-electron chi connectivity index (χ2n) is 7.25. The number of hydrogen-bond donors (Lipinski definition) is 1. The SMILES string of the molecule is CN=C(NCc1cc(C(=O)OC)c(C)o1)N1CCN(C(=O)Cc2cccc(Cl)c2)CC1.I. The number of aliphatic imine (C=N–C) groups is 1. The lowest BCUT2D eigenvalue weighted by atomic mass is 10.1. The molecule has 1 fully saturated rings. The van der Waals surface area contributed by atoms with E-state index in [1.807, 2.05) is 23.1 Å². The maximum absolute atomic E-state index is 12.6. The zero-order valence-corrected chi connectivity index (χ0v) is 21.5. The number of halogens is 2. The molecule has 32 heavy (non-hydrogen) atoms. The molecule has 10 heteroatoms. The molecule has 0 spiro atoms. The first kappa shape index (κ1) is 26.0. The Morgan fingerprint density at radius 3 is 2.50 bits per heavy atom. The van der Waals surface area contributed by atoms with E-state index in [0.717, 1.165) is 11.5 Å². The molecule has 1 aromatic carbocycles. The zero-order chi connectivity index (χ0) is 22.4. The van der Waals surface area contributed by atoms with Crippen molar-refractivity contribution < 1.29 is 18.7 Å². The lowest BCUT2D eigenvalue weighted by Gasteiger charge is -2.36. The van der Waals surface area contributed by atoms with E-state index in [0.29, 0.717) is 61.3 Å². The molecule has 0 radical (unpaired) electrons. The molecule has 0 saturated carbocycles. The predicted octanol–water partition coefficient (Wildman–Crippen LogP) is 3.11. The topological polar surface area (TPSA) is 87.4 Å². The number of esters is 1. The molecular weight excluding hydrogens is 547 g/mol. The molecule has 0 unspecified atom stereocenters. The van der Waals surface area contributed by atoms with E-state index in [4.69, 9.17) is 20.8 Å². The third-order valence-electron chi connectivity index (χ3n) is 5.18. The summed E-state index contributed by atoms with van der Waals surface area (Å²) >= 11 is 6.01. The number of aryl methyl sites for hydroxylation is 1. The van der Waals surface area contributed by atoms with Crippen LogP contribution in [0.25, 0.3) is 0 Å². The molecule has 8 nitrogen and oxygen atoms in total. The highest BCUT2D eigenvalue weighted by molar-refractivity contribution is 14.0. The Morgan fingerprint density at radius 2 is 1.88 bits per heavy atom. The number of hydrogen-bond acceptors (Lipinski definition) is 5. The van der Waals surface area contributed by atoms with E-state index in [-0.39, 0.29) is 29.9 Å². The minimum Gasteiger partial charge on any atom is -0.465 e. The third-order valence-corrected chi connectivity index (χ3v) is 5.42. The average Bonchev–Trinajstić information content (AvgIpc) is 3.14. The van der Waals surface area contributed by atoms with Crippen LogP contribution in [-0.2, 0) is 22.5 Å². The second kappa shape index (κ2) is 12.1. The number of piperazine rings is 1. The lowest BCUT2D eigenvalue weighted by molar-refractivity contribution is -0.131. The number of furan rings is 1. The number of rotatable bonds is 5. The molecule has 174 valence electrons. The van der Waals surface area contributed by atoms with Crippen LogP contribution >= 0.6 is 35.6 Å². The fraction of sp³-hybridized carbons (Fsp3) is 0.409. The van der Waals surface area contributed by atoms with Crippen LogP contribution < -0.4 is 5.32 Å². The number of methoxy groups -OCH3 is 1. The van der Waals surface area contributed by atoms with Crippen molar-refractivity contribution in [1.29, 1.82) is 0 Å². The minimum absolute atomic E-state index is 0. The zero-order valence-electron chi connectivity index (χ0n) is 18.4. The van der Waals surface area contributed by atoms with Gasteiger partial charge in [0.15, 0.2) is 5.96 Å². The van der Waals surface area contributed by atoms with Gasteiger partial charge in [-0.15, -0.1) is 24.0 Å². The van der Waals surface area contributed by atoms with E-state index in [2.05, 4.69) is 15.2 Å². The van der Waals surface area contributed by atoms with Crippen LogP contribution in [0, 0.1) is 6.92 Å². The van der Waals surface area contributed by atoms with Crippen molar-refractivity contribution >= 4 is 53.4 Å². The molecule has 0 aliphatic carbocycles. The van der Waals surface area contributed by atoms with Gasteiger partial charge < -0.3 is 24.3 Å². The fourth-order valence-electron chi connectivity index (χ4n) is 3.54. The van der Waals surface area contributed by atoms with Gasteiger partial charge in [0.25, 0.3) is 0 Å². The van der Waals surface area contributed by atoms with E-state index in [1.165, 1.54) is 7.11 Å². The normalized spacial score (nSPS) is 14.1. The Balaban J connectivity index is 0.00000363. The van der Waals surface area contributed by atoms with Crippen LogP contribution in [0.1, 0.15) is 27.4 Å². The van der Waals surface area contributed by atoms with Crippen LogP contribution in [0.4, 0.5) is 0 Å². The maximum Gasteiger partial charge on any atom is 0.341 e. The molecule has 1 amide bonds. The molecule has 1 aliphatic rings. The van der Waals surface area contributed by atoms with Crippen LogP contribution in [-0.4, -0.2) is 68.0 Å². The Morgan fingerprint density at radius 1 is 1.19 bits per heavy atom. The monoisotopic (exact) mass is 574 g/mol. The fourth-order valence-corrected chi connectivity index (χ4v) is 3.76.